The summed E-state index contributed by atoms with van der Waals surface area (Å²) in [5.74, 6) is -1.58. The molecule has 8 nitrogen and oxygen atoms in total. The number of anilines is 1. The predicted molar refractivity (Wildman–Crippen MR) is 105 cm³/mol. The van der Waals surface area contributed by atoms with Gasteiger partial charge in [0.25, 0.3) is 5.91 Å². The van der Waals surface area contributed by atoms with Crippen molar-refractivity contribution >= 4 is 48.6 Å². The Kier molecular flexibility index (Phi) is 7.14. The molecule has 0 aliphatic heterocycles. The zero-order valence-electron chi connectivity index (χ0n) is 15.5. The van der Waals surface area contributed by atoms with Gasteiger partial charge in [-0.15, -0.1) is 0 Å². The molecule has 2 aromatic rings. The summed E-state index contributed by atoms with van der Waals surface area (Å²) in [6.07, 6.45) is 0.541. The van der Waals surface area contributed by atoms with Gasteiger partial charge in [-0.25, -0.2) is 13.4 Å². The Morgan fingerprint density at radius 3 is 2.63 bits per heavy atom. The molecule has 0 spiro atoms. The van der Waals surface area contributed by atoms with E-state index in [2.05, 4.69) is 4.98 Å². The standard InChI is InChI=1S/C17H23N3O5S2/c1-4-8-14(16(22)25-5-2)27(23,24)19-15(21)11-20(3)17-18-12-9-6-7-10-13(12)26-17/h6-7,9-10,14H,4-5,8,11H2,1-3H3,(H,19,21). The van der Waals surface area contributed by atoms with Gasteiger partial charge in [-0.05, 0) is 25.5 Å². The molecular weight excluding hydrogens is 390 g/mol. The normalized spacial score (nSPS) is 12.6. The molecule has 1 amide bonds. The van der Waals surface area contributed by atoms with Crippen LogP contribution in [0, 0.1) is 0 Å². The number of nitrogens with one attached hydrogen (secondary N) is 1. The molecule has 1 heterocycles. The van der Waals surface area contributed by atoms with Crippen LogP contribution in [-0.2, 0) is 24.3 Å². The summed E-state index contributed by atoms with van der Waals surface area (Å²) in [5, 5.41) is -0.807. The topological polar surface area (TPSA) is 106 Å². The molecule has 1 aromatic carbocycles. The minimum absolute atomic E-state index is 0.0723. The lowest BCUT2D eigenvalue weighted by molar-refractivity contribution is -0.142. The number of ether oxygens (including phenoxy) is 1. The number of amides is 1. The van der Waals surface area contributed by atoms with Crippen LogP contribution in [0.1, 0.15) is 26.7 Å². The number of sulfonamides is 1. The largest absolute Gasteiger partial charge is 0.465 e. The number of nitrogens with zero attached hydrogens (tertiary/aromatic N) is 2. The first kappa shape index (κ1) is 21.1. The second-order valence-electron chi connectivity index (χ2n) is 5.92. The van der Waals surface area contributed by atoms with Crippen LogP contribution in [-0.4, -0.2) is 50.7 Å². The number of hydrogen-bond acceptors (Lipinski definition) is 8. The first-order valence-electron chi connectivity index (χ1n) is 8.56. The van der Waals surface area contributed by atoms with Crippen LogP contribution < -0.4 is 9.62 Å². The number of likely N-dealkylation sites (N-methyl/N-ethyl adjacent to an activating group) is 1. The molecule has 1 aromatic heterocycles. The zero-order chi connectivity index (χ0) is 20.0. The Bertz CT molecular complexity index is 877. The number of carbonyl (C=O) groups is 2. The summed E-state index contributed by atoms with van der Waals surface area (Å²) in [6, 6.07) is 7.55. The maximum absolute atomic E-state index is 12.4. The number of rotatable bonds is 9. The molecule has 27 heavy (non-hydrogen) atoms. The van der Waals surface area contributed by atoms with Gasteiger partial charge in [-0.3, -0.25) is 14.3 Å². The number of hydrogen-bond donors (Lipinski definition) is 1. The summed E-state index contributed by atoms with van der Waals surface area (Å²) in [6.45, 7) is 3.22. The summed E-state index contributed by atoms with van der Waals surface area (Å²) in [5.41, 5.74) is 0.808. The molecule has 10 heteroatoms. The molecule has 1 unspecified atom stereocenters. The van der Waals surface area contributed by atoms with Crippen molar-refractivity contribution in [3.8, 4) is 0 Å². The maximum Gasteiger partial charge on any atom is 0.326 e. The lowest BCUT2D eigenvalue weighted by Gasteiger charge is -2.18. The predicted octanol–water partition coefficient (Wildman–Crippen LogP) is 1.91. The van der Waals surface area contributed by atoms with Gasteiger partial charge in [0.15, 0.2) is 10.4 Å². The van der Waals surface area contributed by atoms with E-state index < -0.39 is 27.1 Å². The number of esters is 1. The van der Waals surface area contributed by atoms with Crippen molar-refractivity contribution in [2.75, 3.05) is 25.1 Å². The highest BCUT2D eigenvalue weighted by Gasteiger charge is 2.34. The molecule has 0 saturated heterocycles. The van der Waals surface area contributed by atoms with Crippen LogP contribution in [0.15, 0.2) is 24.3 Å². The highest BCUT2D eigenvalue weighted by Crippen LogP contribution is 2.27. The summed E-state index contributed by atoms with van der Waals surface area (Å²) in [4.78, 5) is 30.2. The summed E-state index contributed by atoms with van der Waals surface area (Å²) >= 11 is 1.40. The van der Waals surface area contributed by atoms with E-state index in [4.69, 9.17) is 4.74 Å². The molecule has 0 aliphatic rings. The van der Waals surface area contributed by atoms with Crippen LogP contribution in [0.25, 0.3) is 10.2 Å². The second-order valence-corrected chi connectivity index (χ2v) is 8.79. The smallest absolute Gasteiger partial charge is 0.326 e. The molecule has 1 N–H and O–H groups in total. The number of carbonyl (C=O) groups excluding carboxylic acids is 2. The lowest BCUT2D eigenvalue weighted by atomic mass is 10.2. The van der Waals surface area contributed by atoms with E-state index in [9.17, 15) is 18.0 Å². The van der Waals surface area contributed by atoms with E-state index in [-0.39, 0.29) is 19.6 Å². The fourth-order valence-corrected chi connectivity index (χ4v) is 4.78. The molecule has 0 saturated carbocycles. The Hall–Kier alpha value is -2.20. The molecule has 2 rings (SSSR count). The molecule has 148 valence electrons. The first-order valence-corrected chi connectivity index (χ1v) is 10.9. The highest BCUT2D eigenvalue weighted by molar-refractivity contribution is 7.91. The van der Waals surface area contributed by atoms with E-state index >= 15 is 0 Å². The monoisotopic (exact) mass is 413 g/mol. The number of para-hydroxylation sites is 1. The fraction of sp³-hybridized carbons (Fsp3) is 0.471. The van der Waals surface area contributed by atoms with Crippen LogP contribution in [0.5, 0.6) is 0 Å². The average Bonchev–Trinajstić information content (AvgIpc) is 3.03. The van der Waals surface area contributed by atoms with Crippen LogP contribution in [0.2, 0.25) is 0 Å². The lowest BCUT2D eigenvalue weighted by Crippen LogP contribution is -2.46. The van der Waals surface area contributed by atoms with Crippen molar-refractivity contribution in [3.63, 3.8) is 0 Å². The Balaban J connectivity index is 2.06. The van der Waals surface area contributed by atoms with Crippen LogP contribution in [0.4, 0.5) is 5.13 Å². The third-order valence-corrected chi connectivity index (χ3v) is 6.56. The van der Waals surface area contributed by atoms with Gasteiger partial charge in [0.05, 0.1) is 23.4 Å². The quantitative estimate of drug-likeness (QED) is 0.626. The number of benzene rings is 1. The number of thiazole rings is 1. The van der Waals surface area contributed by atoms with Gasteiger partial charge in [0, 0.05) is 7.05 Å². The van der Waals surface area contributed by atoms with Crippen molar-refractivity contribution in [3.05, 3.63) is 24.3 Å². The number of fused-ring (bicyclic) bond motifs is 1. The molecular formula is C17H23N3O5S2. The van der Waals surface area contributed by atoms with Crippen LogP contribution in [0.3, 0.4) is 0 Å². The van der Waals surface area contributed by atoms with Crippen LogP contribution >= 0.6 is 11.3 Å². The summed E-state index contributed by atoms with van der Waals surface area (Å²) in [7, 11) is -2.52. The van der Waals surface area contributed by atoms with Gasteiger partial charge in [-0.1, -0.05) is 36.8 Å². The molecule has 0 aliphatic carbocycles. The molecule has 0 bridgehead atoms. The van der Waals surface area contributed by atoms with Crippen molar-refractivity contribution < 1.29 is 22.7 Å². The van der Waals surface area contributed by atoms with E-state index in [0.717, 1.165) is 10.2 Å². The third kappa shape index (κ3) is 5.39. The Morgan fingerprint density at radius 1 is 1.30 bits per heavy atom. The molecule has 0 radical (unpaired) electrons. The highest BCUT2D eigenvalue weighted by atomic mass is 32.2. The van der Waals surface area contributed by atoms with Crippen molar-refractivity contribution in [1.82, 2.24) is 9.71 Å². The van der Waals surface area contributed by atoms with E-state index in [1.54, 1.807) is 25.8 Å². The molecule has 1 atom stereocenters. The number of aromatic nitrogens is 1. The van der Waals surface area contributed by atoms with Gasteiger partial charge in [0.2, 0.25) is 10.0 Å². The second kappa shape index (κ2) is 9.14. The van der Waals surface area contributed by atoms with E-state index in [1.165, 1.54) is 11.3 Å². The average molecular weight is 414 g/mol. The van der Waals surface area contributed by atoms with Gasteiger partial charge in [0.1, 0.15) is 0 Å². The summed E-state index contributed by atoms with van der Waals surface area (Å²) < 4.78 is 32.7. The minimum Gasteiger partial charge on any atom is -0.465 e. The minimum atomic E-state index is -4.18. The Morgan fingerprint density at radius 2 is 2.00 bits per heavy atom. The van der Waals surface area contributed by atoms with E-state index in [1.807, 2.05) is 29.0 Å². The van der Waals surface area contributed by atoms with Crippen molar-refractivity contribution in [2.45, 2.75) is 31.9 Å². The zero-order valence-corrected chi connectivity index (χ0v) is 17.1. The Labute approximate surface area is 162 Å². The SMILES string of the molecule is CCCC(C(=O)OCC)S(=O)(=O)NC(=O)CN(C)c1nc2ccccc2s1. The van der Waals surface area contributed by atoms with Crippen molar-refractivity contribution in [2.24, 2.45) is 0 Å². The molecule has 0 fully saturated rings. The third-order valence-electron chi connectivity index (χ3n) is 3.72. The van der Waals surface area contributed by atoms with Gasteiger partial charge in [-0.2, -0.15) is 0 Å². The fourth-order valence-electron chi connectivity index (χ4n) is 2.47. The maximum atomic E-state index is 12.4. The van der Waals surface area contributed by atoms with Gasteiger partial charge >= 0.3 is 5.97 Å². The van der Waals surface area contributed by atoms with Gasteiger partial charge < -0.3 is 9.64 Å². The first-order chi connectivity index (χ1) is 12.8. The van der Waals surface area contributed by atoms with E-state index in [0.29, 0.717) is 11.6 Å². The van der Waals surface area contributed by atoms with Crippen molar-refractivity contribution in [1.29, 1.82) is 0 Å².